The highest BCUT2D eigenvalue weighted by Crippen LogP contribution is 2.42. The summed E-state index contributed by atoms with van der Waals surface area (Å²) in [5.41, 5.74) is 8.20. The van der Waals surface area contributed by atoms with E-state index in [0.29, 0.717) is 0 Å². The molecule has 0 aromatic rings. The van der Waals surface area contributed by atoms with Gasteiger partial charge in [-0.15, -0.1) is 18.5 Å². The average molecular weight is 290 g/mol. The van der Waals surface area contributed by atoms with Crippen LogP contribution in [0.2, 0.25) is 0 Å². The molecule has 4 atom stereocenters. The number of hydrogen-bond acceptors (Lipinski definition) is 1. The molecule has 0 radical (unpaired) electrons. The van der Waals surface area contributed by atoms with E-state index in [1.807, 2.05) is 0 Å². The zero-order valence-electron chi connectivity index (χ0n) is 11.4. The molecule has 0 saturated heterocycles. The van der Waals surface area contributed by atoms with Gasteiger partial charge < -0.3 is 4.74 Å². The van der Waals surface area contributed by atoms with Gasteiger partial charge in [-0.3, -0.25) is 0 Å². The van der Waals surface area contributed by atoms with Crippen LogP contribution in [0.4, 0.5) is 0 Å². The second-order valence-electron chi connectivity index (χ2n) is 5.30. The van der Waals surface area contributed by atoms with Crippen LogP contribution in [-0.4, -0.2) is 24.5 Å². The van der Waals surface area contributed by atoms with Gasteiger partial charge in [0.05, 0.1) is 0 Å². The van der Waals surface area contributed by atoms with Crippen LogP contribution >= 0.6 is 18.5 Å². The van der Waals surface area contributed by atoms with Gasteiger partial charge in [0.2, 0.25) is 0 Å². The average Bonchev–Trinajstić information content (AvgIpc) is 2.80. The van der Waals surface area contributed by atoms with Crippen LogP contribution in [0.5, 0.6) is 0 Å². The molecule has 1 nitrogen and oxygen atoms in total. The lowest BCUT2D eigenvalue weighted by atomic mass is 9.87. The monoisotopic (exact) mass is 290 g/mol. The number of ether oxygens (including phenoxy) is 1. The van der Waals surface area contributed by atoms with E-state index in [4.69, 9.17) is 4.74 Å². The van der Waals surface area contributed by atoms with Crippen LogP contribution < -0.4 is 0 Å². The molecule has 0 spiro atoms. The molecule has 0 saturated carbocycles. The number of hydrogen-bond donors (Lipinski definition) is 0. The van der Waals surface area contributed by atoms with E-state index >= 15 is 0 Å². The van der Waals surface area contributed by atoms with Crippen molar-refractivity contribution in [1.29, 1.82) is 0 Å². The summed E-state index contributed by atoms with van der Waals surface area (Å²) < 4.78 is 6.35. The molecule has 3 heteroatoms. The van der Waals surface area contributed by atoms with Gasteiger partial charge in [0.1, 0.15) is 12.2 Å². The van der Waals surface area contributed by atoms with Gasteiger partial charge in [-0.05, 0) is 59.6 Å². The molecule has 3 aliphatic rings. The molecule has 0 bridgehead atoms. The number of fused-ring (bicyclic) bond motifs is 2. The smallest absolute Gasteiger partial charge is 0.106 e. The summed E-state index contributed by atoms with van der Waals surface area (Å²) in [7, 11) is 5.61. The Bertz CT molecular complexity index is 526. The minimum absolute atomic E-state index is 0.156. The summed E-state index contributed by atoms with van der Waals surface area (Å²) in [6, 6.07) is 0. The van der Waals surface area contributed by atoms with Crippen molar-refractivity contribution in [2.75, 3.05) is 12.3 Å². The molecule has 4 unspecified atom stereocenters. The lowest BCUT2D eigenvalue weighted by molar-refractivity contribution is 0.0945. The zero-order valence-corrected chi connectivity index (χ0v) is 13.8. The van der Waals surface area contributed by atoms with Crippen LogP contribution in [0.25, 0.3) is 0 Å². The minimum atomic E-state index is 0.156. The molecule has 1 aliphatic heterocycles. The zero-order chi connectivity index (χ0) is 13.6. The summed E-state index contributed by atoms with van der Waals surface area (Å²) in [6.45, 7) is 4.40. The molecule has 0 N–H and O–H groups in total. The first-order valence-electron chi connectivity index (χ1n) is 6.72. The van der Waals surface area contributed by atoms with Crippen molar-refractivity contribution in [3.63, 3.8) is 0 Å². The Kier molecular flexibility index (Phi) is 3.65. The van der Waals surface area contributed by atoms with E-state index in [0.717, 1.165) is 12.3 Å². The van der Waals surface area contributed by atoms with Crippen LogP contribution in [0.15, 0.2) is 57.7 Å². The normalized spacial score (nSPS) is 29.3. The third kappa shape index (κ3) is 2.04. The second-order valence-corrected chi connectivity index (χ2v) is 6.11. The molecule has 2 aliphatic carbocycles. The fraction of sp³-hybridized carbons (Fsp3) is 0.375. The molecule has 0 aromatic heterocycles. The first-order valence-corrected chi connectivity index (χ1v) is 8.35. The number of rotatable bonds is 2. The van der Waals surface area contributed by atoms with E-state index in [1.54, 1.807) is 0 Å². The van der Waals surface area contributed by atoms with Gasteiger partial charge in [-0.25, -0.2) is 0 Å². The molecule has 1 heterocycles. The van der Waals surface area contributed by atoms with E-state index in [1.165, 1.54) is 33.4 Å². The Balaban J connectivity index is 2.04. The summed E-state index contributed by atoms with van der Waals surface area (Å²) in [5, 5.41) is 0. The van der Waals surface area contributed by atoms with Crippen molar-refractivity contribution in [2.45, 2.75) is 26.1 Å². The van der Waals surface area contributed by atoms with Crippen molar-refractivity contribution in [3.05, 3.63) is 57.7 Å². The predicted octanol–water partition coefficient (Wildman–Crippen LogP) is 3.57. The van der Waals surface area contributed by atoms with Gasteiger partial charge in [-0.2, -0.15) is 0 Å². The first kappa shape index (κ1) is 13.5. The fourth-order valence-corrected chi connectivity index (χ4v) is 3.98. The van der Waals surface area contributed by atoms with Crippen molar-refractivity contribution in [2.24, 2.45) is 0 Å². The van der Waals surface area contributed by atoms with Crippen LogP contribution in [-0.2, 0) is 4.74 Å². The Morgan fingerprint density at radius 3 is 1.63 bits per heavy atom. The molecule has 0 fully saturated rings. The SMILES string of the molecule is CC1=C(CP)C=CC2=C3C=CC(CP)=C(C)C3OC12. The largest absolute Gasteiger partial charge is 0.357 e. The summed E-state index contributed by atoms with van der Waals surface area (Å²) >= 11 is 0. The maximum atomic E-state index is 6.35. The summed E-state index contributed by atoms with van der Waals surface area (Å²) in [6.07, 6.45) is 11.3. The van der Waals surface area contributed by atoms with Crippen LogP contribution in [0.1, 0.15) is 13.8 Å². The lowest BCUT2D eigenvalue weighted by Crippen LogP contribution is -2.21. The summed E-state index contributed by atoms with van der Waals surface area (Å²) in [4.78, 5) is 0. The Hall–Kier alpha value is -0.480. The second kappa shape index (κ2) is 5.13. The summed E-state index contributed by atoms with van der Waals surface area (Å²) in [5.74, 6) is 0. The predicted molar refractivity (Wildman–Crippen MR) is 88.5 cm³/mol. The quantitative estimate of drug-likeness (QED) is 0.706. The Morgan fingerprint density at radius 1 is 0.842 bits per heavy atom. The standard InChI is InChI=1S/C16H20OP2/c1-9-11(7-18)3-5-13-14-6-4-12(8-19)10(2)16(14)17-15(9)13/h3-6,15-16H,7-8,18-19H2,1-2H3. The van der Waals surface area contributed by atoms with Crippen molar-refractivity contribution in [3.8, 4) is 0 Å². The molecule has 19 heavy (non-hydrogen) atoms. The molecular weight excluding hydrogens is 270 g/mol. The lowest BCUT2D eigenvalue weighted by Gasteiger charge is -2.23. The highest BCUT2D eigenvalue weighted by molar-refractivity contribution is 7.17. The van der Waals surface area contributed by atoms with Crippen molar-refractivity contribution in [1.82, 2.24) is 0 Å². The van der Waals surface area contributed by atoms with E-state index in [2.05, 4.69) is 56.6 Å². The fourth-order valence-electron chi connectivity index (χ4n) is 3.06. The van der Waals surface area contributed by atoms with Crippen molar-refractivity contribution < 1.29 is 4.74 Å². The van der Waals surface area contributed by atoms with Gasteiger partial charge in [0.25, 0.3) is 0 Å². The third-order valence-corrected chi connectivity index (χ3v) is 5.22. The van der Waals surface area contributed by atoms with E-state index in [-0.39, 0.29) is 12.2 Å². The van der Waals surface area contributed by atoms with Crippen LogP contribution in [0.3, 0.4) is 0 Å². The highest BCUT2D eigenvalue weighted by atomic mass is 31.0. The molecular formula is C16H20OP2. The van der Waals surface area contributed by atoms with Gasteiger partial charge in [0, 0.05) is 0 Å². The third-order valence-electron chi connectivity index (χ3n) is 4.34. The Labute approximate surface area is 120 Å². The maximum Gasteiger partial charge on any atom is 0.106 e. The maximum absolute atomic E-state index is 6.35. The minimum Gasteiger partial charge on any atom is -0.357 e. The molecule has 3 rings (SSSR count). The molecule has 0 aromatic carbocycles. The van der Waals surface area contributed by atoms with E-state index < -0.39 is 0 Å². The van der Waals surface area contributed by atoms with Crippen molar-refractivity contribution >= 4 is 18.5 Å². The molecule has 0 amide bonds. The van der Waals surface area contributed by atoms with Gasteiger partial charge in [0.15, 0.2) is 0 Å². The number of allylic oxidation sites excluding steroid dienone is 4. The van der Waals surface area contributed by atoms with Gasteiger partial charge in [-0.1, -0.05) is 24.3 Å². The highest BCUT2D eigenvalue weighted by Gasteiger charge is 2.37. The molecule has 100 valence electrons. The van der Waals surface area contributed by atoms with Crippen LogP contribution in [0, 0.1) is 0 Å². The Morgan fingerprint density at radius 2 is 1.26 bits per heavy atom. The topological polar surface area (TPSA) is 9.23 Å². The van der Waals surface area contributed by atoms with Gasteiger partial charge >= 0.3 is 0 Å². The first-order chi connectivity index (χ1) is 9.17. The van der Waals surface area contributed by atoms with E-state index in [9.17, 15) is 0 Å².